The molecule has 1 N–H and O–H groups in total. The van der Waals surface area contributed by atoms with E-state index in [9.17, 15) is 10.0 Å². The Morgan fingerprint density at radius 3 is 2.28 bits per heavy atom. The van der Waals surface area contributed by atoms with E-state index < -0.39 is 16.5 Å². The van der Waals surface area contributed by atoms with Crippen LogP contribution in [-0.4, -0.2) is 40.8 Å². The average Bonchev–Trinajstić information content (AvgIpc) is 2.74. The van der Waals surface area contributed by atoms with Gasteiger partial charge in [0.15, 0.2) is 5.78 Å². The number of ether oxygens (including phenoxy) is 3. The zero-order valence-corrected chi connectivity index (χ0v) is 19.6. The van der Waals surface area contributed by atoms with Crippen molar-refractivity contribution in [2.75, 3.05) is 13.7 Å². The summed E-state index contributed by atoms with van der Waals surface area (Å²) in [5, 5.41) is 11.8. The number of hydrogen-bond donors (Lipinski definition) is 1. The number of hydroxylamine groups is 2. The molecule has 1 unspecified atom stereocenters. The standard InChI is InChI=1S/C26H31NO5/c1-24(2)14-20(15-25(3,4)27(24)29)32-18-9-7-17(8-10-18)26(5)16-31-22-13-19(30-6)11-12-21(22)23(26)28/h7-14,29H,15-16H2,1-6H3. The highest BCUT2D eigenvalue weighted by Gasteiger charge is 2.43. The van der Waals surface area contributed by atoms with Gasteiger partial charge in [-0.05, 0) is 70.5 Å². The molecule has 1 atom stereocenters. The number of carbonyl (C=O) groups is 1. The molecule has 32 heavy (non-hydrogen) atoms. The first-order valence-electron chi connectivity index (χ1n) is 10.8. The first-order chi connectivity index (χ1) is 15.0. The fraction of sp³-hybridized carbons (Fsp3) is 0.423. The minimum Gasteiger partial charge on any atom is -0.497 e. The monoisotopic (exact) mass is 437 g/mol. The van der Waals surface area contributed by atoms with Crippen molar-refractivity contribution < 1.29 is 24.2 Å². The van der Waals surface area contributed by atoms with Crippen LogP contribution in [0.3, 0.4) is 0 Å². The summed E-state index contributed by atoms with van der Waals surface area (Å²) in [6.45, 7) is 10.0. The molecule has 170 valence electrons. The van der Waals surface area contributed by atoms with E-state index >= 15 is 0 Å². The van der Waals surface area contributed by atoms with E-state index in [1.165, 1.54) is 5.06 Å². The highest BCUT2D eigenvalue weighted by atomic mass is 16.5. The summed E-state index contributed by atoms with van der Waals surface area (Å²) < 4.78 is 17.3. The Kier molecular flexibility index (Phi) is 5.34. The first-order valence-corrected chi connectivity index (χ1v) is 10.8. The van der Waals surface area contributed by atoms with Crippen molar-refractivity contribution >= 4 is 5.78 Å². The minimum absolute atomic E-state index is 0.0246. The maximum atomic E-state index is 13.3. The number of hydrogen-bond acceptors (Lipinski definition) is 6. The number of rotatable bonds is 4. The van der Waals surface area contributed by atoms with Crippen LogP contribution in [-0.2, 0) is 5.41 Å². The van der Waals surface area contributed by atoms with E-state index in [2.05, 4.69) is 0 Å². The highest BCUT2D eigenvalue weighted by Crippen LogP contribution is 2.40. The van der Waals surface area contributed by atoms with Gasteiger partial charge in [-0.15, -0.1) is 0 Å². The second kappa shape index (κ2) is 7.64. The number of fused-ring (bicyclic) bond motifs is 1. The molecular formula is C26H31NO5. The zero-order valence-electron chi connectivity index (χ0n) is 19.6. The number of ketones is 1. The second-order valence-corrected chi connectivity index (χ2v) is 10.0. The van der Waals surface area contributed by atoms with Crippen LogP contribution in [0.2, 0.25) is 0 Å². The van der Waals surface area contributed by atoms with Gasteiger partial charge in [0.25, 0.3) is 0 Å². The molecule has 6 heteroatoms. The summed E-state index contributed by atoms with van der Waals surface area (Å²) in [5.41, 5.74) is -0.331. The molecule has 0 spiro atoms. The van der Waals surface area contributed by atoms with Crippen molar-refractivity contribution in [1.82, 2.24) is 5.06 Å². The molecule has 0 aliphatic carbocycles. The SMILES string of the molecule is COc1ccc2c(c1)OCC(C)(c1ccc(OC3=CC(C)(C)N(O)C(C)(C)C3)cc1)C2=O. The lowest BCUT2D eigenvalue weighted by atomic mass is 9.75. The van der Waals surface area contributed by atoms with Gasteiger partial charge in [0.2, 0.25) is 0 Å². The molecule has 2 aromatic rings. The Morgan fingerprint density at radius 1 is 1.00 bits per heavy atom. The summed E-state index contributed by atoms with van der Waals surface area (Å²) in [5.74, 6) is 2.74. The van der Waals surface area contributed by atoms with E-state index in [0.29, 0.717) is 29.2 Å². The number of carbonyl (C=O) groups excluding carboxylic acids is 1. The van der Waals surface area contributed by atoms with Gasteiger partial charge in [0.1, 0.15) is 29.6 Å². The molecule has 0 saturated heterocycles. The van der Waals surface area contributed by atoms with Crippen LogP contribution < -0.4 is 14.2 Å². The molecule has 2 aliphatic rings. The zero-order chi connectivity index (χ0) is 23.3. The van der Waals surface area contributed by atoms with Gasteiger partial charge in [-0.3, -0.25) is 4.79 Å². The molecule has 0 amide bonds. The third-order valence-corrected chi connectivity index (χ3v) is 6.43. The molecule has 0 fully saturated rings. The summed E-state index contributed by atoms with van der Waals surface area (Å²) >= 11 is 0. The van der Waals surface area contributed by atoms with Crippen molar-refractivity contribution in [1.29, 1.82) is 0 Å². The lowest BCUT2D eigenvalue weighted by molar-refractivity contribution is -0.216. The van der Waals surface area contributed by atoms with E-state index in [4.69, 9.17) is 14.2 Å². The summed E-state index contributed by atoms with van der Waals surface area (Å²) in [6.07, 6.45) is 2.52. The summed E-state index contributed by atoms with van der Waals surface area (Å²) in [4.78, 5) is 13.3. The Bertz CT molecular complexity index is 1070. The fourth-order valence-corrected chi connectivity index (χ4v) is 4.63. The van der Waals surface area contributed by atoms with Gasteiger partial charge < -0.3 is 19.4 Å². The molecule has 2 aromatic carbocycles. The predicted molar refractivity (Wildman–Crippen MR) is 122 cm³/mol. The van der Waals surface area contributed by atoms with E-state index in [1.54, 1.807) is 25.3 Å². The van der Waals surface area contributed by atoms with Crippen LogP contribution >= 0.6 is 0 Å². The highest BCUT2D eigenvalue weighted by molar-refractivity contribution is 6.07. The Balaban J connectivity index is 1.56. The molecule has 2 aliphatic heterocycles. The third kappa shape index (κ3) is 3.78. The van der Waals surface area contributed by atoms with Gasteiger partial charge >= 0.3 is 0 Å². The van der Waals surface area contributed by atoms with E-state index in [-0.39, 0.29) is 12.4 Å². The first kappa shape index (κ1) is 22.4. The Hall–Kier alpha value is -2.83. The Labute approximate surface area is 189 Å². The van der Waals surface area contributed by atoms with Gasteiger partial charge in [-0.2, -0.15) is 5.06 Å². The van der Waals surface area contributed by atoms with E-state index in [0.717, 1.165) is 11.3 Å². The van der Waals surface area contributed by atoms with Crippen molar-refractivity contribution in [3.63, 3.8) is 0 Å². The molecule has 2 heterocycles. The van der Waals surface area contributed by atoms with Crippen LogP contribution in [0.15, 0.2) is 54.3 Å². The number of nitrogens with zero attached hydrogens (tertiary/aromatic N) is 1. The van der Waals surface area contributed by atoms with Crippen LogP contribution in [0.5, 0.6) is 17.2 Å². The van der Waals surface area contributed by atoms with Crippen molar-refractivity contribution in [3.05, 3.63) is 65.4 Å². The largest absolute Gasteiger partial charge is 0.497 e. The van der Waals surface area contributed by atoms with Gasteiger partial charge in [-0.25, -0.2) is 0 Å². The molecule has 6 nitrogen and oxygen atoms in total. The van der Waals surface area contributed by atoms with Crippen LogP contribution in [0.25, 0.3) is 0 Å². The molecule has 0 radical (unpaired) electrons. The lowest BCUT2D eigenvalue weighted by Gasteiger charge is -2.46. The topological polar surface area (TPSA) is 68.2 Å². The Morgan fingerprint density at radius 2 is 1.66 bits per heavy atom. The maximum Gasteiger partial charge on any atom is 0.180 e. The second-order valence-electron chi connectivity index (χ2n) is 10.0. The molecule has 0 aromatic heterocycles. The summed E-state index contributed by atoms with van der Waals surface area (Å²) in [6, 6.07) is 12.9. The number of Topliss-reactive ketones (excluding diaryl/α,β-unsaturated/α-hetero) is 1. The van der Waals surface area contributed by atoms with Crippen LogP contribution in [0.4, 0.5) is 0 Å². The third-order valence-electron chi connectivity index (χ3n) is 6.43. The number of benzene rings is 2. The molecule has 4 rings (SSSR count). The number of methoxy groups -OCH3 is 1. The van der Waals surface area contributed by atoms with Crippen molar-refractivity contribution in [2.45, 2.75) is 57.5 Å². The van der Waals surface area contributed by atoms with Crippen LogP contribution in [0.1, 0.15) is 57.0 Å². The average molecular weight is 438 g/mol. The smallest absolute Gasteiger partial charge is 0.180 e. The lowest BCUT2D eigenvalue weighted by Crippen LogP contribution is -2.55. The van der Waals surface area contributed by atoms with Crippen molar-refractivity contribution in [3.8, 4) is 17.2 Å². The predicted octanol–water partition coefficient (Wildman–Crippen LogP) is 5.14. The molecular weight excluding hydrogens is 406 g/mol. The van der Waals surface area contributed by atoms with Crippen molar-refractivity contribution in [2.24, 2.45) is 0 Å². The molecule has 0 bridgehead atoms. The van der Waals surface area contributed by atoms with E-state index in [1.807, 2.05) is 65.0 Å². The van der Waals surface area contributed by atoms with Crippen LogP contribution in [0, 0.1) is 0 Å². The van der Waals surface area contributed by atoms with Gasteiger partial charge in [0, 0.05) is 18.0 Å². The fourth-order valence-electron chi connectivity index (χ4n) is 4.63. The molecule has 0 saturated carbocycles. The minimum atomic E-state index is -0.786. The summed E-state index contributed by atoms with van der Waals surface area (Å²) in [7, 11) is 1.59. The van der Waals surface area contributed by atoms with Gasteiger partial charge in [0.05, 0.1) is 23.6 Å². The maximum absolute atomic E-state index is 13.3. The quantitative estimate of drug-likeness (QED) is 0.714. The van der Waals surface area contributed by atoms with Gasteiger partial charge in [-0.1, -0.05) is 12.1 Å². The normalized spacial score (nSPS) is 24.2.